The Bertz CT molecular complexity index is 1710. The summed E-state index contributed by atoms with van der Waals surface area (Å²) < 4.78 is 7.55. The van der Waals surface area contributed by atoms with Gasteiger partial charge in [-0.3, -0.25) is 4.79 Å². The molecule has 0 aliphatic rings. The largest absolute Gasteiger partial charge is 0.489 e. The zero-order valence-corrected chi connectivity index (χ0v) is 19.0. The topological polar surface area (TPSA) is 44.1 Å². The molecular weight excluding hydrogens is 432 g/mol. The molecule has 35 heavy (non-hydrogen) atoms. The van der Waals surface area contributed by atoms with Gasteiger partial charge in [-0.15, -0.1) is 0 Å². The second-order valence-corrected chi connectivity index (χ2v) is 8.41. The highest BCUT2D eigenvalue weighted by molar-refractivity contribution is 5.95. The number of fused-ring (bicyclic) bond motifs is 2. The maximum absolute atomic E-state index is 13.6. The molecule has 0 saturated carbocycles. The standard InChI is InChI=1S/C31H22N2O2/c34-31-28-16-8-7-15-27(28)30(23-12-5-2-6-13-23)32-33(31)29-17-9-14-24-20-25(18-19-26(24)29)35-21-22-10-3-1-4-11-22/h1-20H,21H2. The summed E-state index contributed by atoms with van der Waals surface area (Å²) in [5, 5.41) is 8.26. The Hall–Kier alpha value is -4.70. The van der Waals surface area contributed by atoms with Gasteiger partial charge in [0.15, 0.2) is 0 Å². The molecule has 0 aliphatic carbocycles. The molecule has 0 N–H and O–H groups in total. The molecule has 0 unspecified atom stereocenters. The number of aromatic nitrogens is 2. The summed E-state index contributed by atoms with van der Waals surface area (Å²) >= 11 is 0. The molecule has 0 atom stereocenters. The molecule has 0 amide bonds. The van der Waals surface area contributed by atoms with Gasteiger partial charge in [0.05, 0.1) is 16.8 Å². The van der Waals surface area contributed by atoms with E-state index in [9.17, 15) is 4.79 Å². The first kappa shape index (κ1) is 20.9. The quantitative estimate of drug-likeness (QED) is 0.288. The fourth-order valence-electron chi connectivity index (χ4n) is 4.42. The summed E-state index contributed by atoms with van der Waals surface area (Å²) in [6, 6.07) is 39.6. The zero-order chi connectivity index (χ0) is 23.6. The lowest BCUT2D eigenvalue weighted by molar-refractivity contribution is 0.306. The Morgan fingerprint density at radius 1 is 0.657 bits per heavy atom. The van der Waals surface area contributed by atoms with Crippen LogP contribution in [0.3, 0.4) is 0 Å². The highest BCUT2D eigenvalue weighted by Crippen LogP contribution is 2.29. The predicted octanol–water partition coefficient (Wildman–Crippen LogP) is 6.78. The van der Waals surface area contributed by atoms with Crippen molar-refractivity contribution in [3.8, 4) is 22.7 Å². The fourth-order valence-corrected chi connectivity index (χ4v) is 4.42. The SMILES string of the molecule is O=c1c2ccccc2c(-c2ccccc2)nn1-c1cccc2cc(OCc3ccccc3)ccc12. The van der Waals surface area contributed by atoms with Crippen molar-refractivity contribution in [3.63, 3.8) is 0 Å². The molecule has 0 fully saturated rings. The zero-order valence-electron chi connectivity index (χ0n) is 19.0. The average molecular weight is 455 g/mol. The number of rotatable bonds is 5. The van der Waals surface area contributed by atoms with Crippen LogP contribution in [0.1, 0.15) is 5.56 Å². The van der Waals surface area contributed by atoms with Crippen LogP contribution in [0.2, 0.25) is 0 Å². The highest BCUT2D eigenvalue weighted by atomic mass is 16.5. The van der Waals surface area contributed by atoms with Crippen molar-refractivity contribution in [2.75, 3.05) is 0 Å². The molecule has 168 valence electrons. The lowest BCUT2D eigenvalue weighted by atomic mass is 10.0. The molecule has 4 nitrogen and oxygen atoms in total. The van der Waals surface area contributed by atoms with E-state index in [1.807, 2.05) is 121 Å². The highest BCUT2D eigenvalue weighted by Gasteiger charge is 2.15. The number of nitrogens with zero attached hydrogens (tertiary/aromatic N) is 2. The van der Waals surface area contributed by atoms with Gasteiger partial charge in [-0.05, 0) is 41.3 Å². The van der Waals surface area contributed by atoms with E-state index < -0.39 is 0 Å². The monoisotopic (exact) mass is 454 g/mol. The molecule has 5 aromatic carbocycles. The van der Waals surface area contributed by atoms with Gasteiger partial charge in [0, 0.05) is 16.3 Å². The van der Waals surface area contributed by atoms with Gasteiger partial charge < -0.3 is 4.74 Å². The third kappa shape index (κ3) is 3.96. The number of hydrogen-bond donors (Lipinski definition) is 0. The minimum Gasteiger partial charge on any atom is -0.489 e. The third-order valence-corrected chi connectivity index (χ3v) is 6.16. The van der Waals surface area contributed by atoms with Crippen molar-refractivity contribution < 1.29 is 4.74 Å². The predicted molar refractivity (Wildman–Crippen MR) is 141 cm³/mol. The first-order chi connectivity index (χ1) is 17.3. The summed E-state index contributed by atoms with van der Waals surface area (Å²) in [5.74, 6) is 0.780. The second kappa shape index (κ2) is 8.92. The van der Waals surface area contributed by atoms with Crippen LogP contribution in [-0.4, -0.2) is 9.78 Å². The van der Waals surface area contributed by atoms with Crippen LogP contribution in [0.5, 0.6) is 5.75 Å². The lowest BCUT2D eigenvalue weighted by Crippen LogP contribution is -2.22. The minimum atomic E-state index is -0.141. The summed E-state index contributed by atoms with van der Waals surface area (Å²) in [7, 11) is 0. The van der Waals surface area contributed by atoms with Crippen molar-refractivity contribution in [1.82, 2.24) is 9.78 Å². The van der Waals surface area contributed by atoms with E-state index in [2.05, 4.69) is 0 Å². The van der Waals surface area contributed by atoms with Crippen LogP contribution in [0.25, 0.3) is 38.5 Å². The molecule has 6 aromatic rings. The maximum atomic E-state index is 13.6. The molecule has 0 spiro atoms. The average Bonchev–Trinajstić information content (AvgIpc) is 2.93. The Kier molecular flexibility index (Phi) is 5.32. The van der Waals surface area contributed by atoms with Gasteiger partial charge in [-0.2, -0.15) is 9.78 Å². The van der Waals surface area contributed by atoms with E-state index in [1.54, 1.807) is 0 Å². The van der Waals surface area contributed by atoms with Gasteiger partial charge in [-0.1, -0.05) is 91.0 Å². The second-order valence-electron chi connectivity index (χ2n) is 8.41. The molecule has 0 bridgehead atoms. The van der Waals surface area contributed by atoms with Crippen LogP contribution >= 0.6 is 0 Å². The van der Waals surface area contributed by atoms with E-state index in [4.69, 9.17) is 9.84 Å². The molecule has 0 radical (unpaired) electrons. The van der Waals surface area contributed by atoms with Crippen molar-refractivity contribution >= 4 is 21.5 Å². The van der Waals surface area contributed by atoms with Crippen LogP contribution in [0, 0.1) is 0 Å². The van der Waals surface area contributed by atoms with Crippen LogP contribution in [0.4, 0.5) is 0 Å². The van der Waals surface area contributed by atoms with Crippen molar-refractivity contribution in [2.45, 2.75) is 6.61 Å². The Morgan fingerprint density at radius 2 is 1.37 bits per heavy atom. The molecule has 0 aliphatic heterocycles. The number of ether oxygens (including phenoxy) is 1. The minimum absolute atomic E-state index is 0.141. The Balaban J connectivity index is 1.47. The Labute approximate surface area is 202 Å². The van der Waals surface area contributed by atoms with Gasteiger partial charge >= 0.3 is 0 Å². The van der Waals surface area contributed by atoms with Gasteiger partial charge in [0.25, 0.3) is 5.56 Å². The lowest BCUT2D eigenvalue weighted by Gasteiger charge is -2.14. The number of hydrogen-bond acceptors (Lipinski definition) is 3. The van der Waals surface area contributed by atoms with Crippen LogP contribution in [0.15, 0.2) is 126 Å². The summed E-state index contributed by atoms with van der Waals surface area (Å²) in [4.78, 5) is 13.6. The van der Waals surface area contributed by atoms with Gasteiger partial charge in [-0.25, -0.2) is 0 Å². The van der Waals surface area contributed by atoms with Crippen LogP contribution in [-0.2, 0) is 6.61 Å². The van der Waals surface area contributed by atoms with Gasteiger partial charge in [0.2, 0.25) is 0 Å². The molecule has 0 saturated heterocycles. The van der Waals surface area contributed by atoms with E-state index >= 15 is 0 Å². The molecule has 4 heteroatoms. The van der Waals surface area contributed by atoms with Gasteiger partial charge in [0.1, 0.15) is 12.4 Å². The summed E-state index contributed by atoms with van der Waals surface area (Å²) in [5.41, 5.74) is 3.46. The molecule has 6 rings (SSSR count). The maximum Gasteiger partial charge on any atom is 0.279 e. The smallest absolute Gasteiger partial charge is 0.279 e. The fraction of sp³-hybridized carbons (Fsp3) is 0.0323. The first-order valence-electron chi connectivity index (χ1n) is 11.6. The van der Waals surface area contributed by atoms with E-state index in [0.717, 1.165) is 44.4 Å². The van der Waals surface area contributed by atoms with Crippen molar-refractivity contribution in [1.29, 1.82) is 0 Å². The number of benzene rings is 5. The van der Waals surface area contributed by atoms with E-state index in [0.29, 0.717) is 12.0 Å². The van der Waals surface area contributed by atoms with Crippen LogP contribution < -0.4 is 10.3 Å². The van der Waals surface area contributed by atoms with E-state index in [-0.39, 0.29) is 5.56 Å². The Morgan fingerprint density at radius 3 is 2.17 bits per heavy atom. The molecule has 1 aromatic heterocycles. The summed E-state index contributed by atoms with van der Waals surface area (Å²) in [6.07, 6.45) is 0. The van der Waals surface area contributed by atoms with Crippen molar-refractivity contribution in [3.05, 3.63) is 137 Å². The van der Waals surface area contributed by atoms with E-state index in [1.165, 1.54) is 4.68 Å². The van der Waals surface area contributed by atoms with Crippen molar-refractivity contribution in [2.24, 2.45) is 0 Å². The normalized spacial score (nSPS) is 11.1. The first-order valence-corrected chi connectivity index (χ1v) is 11.6. The molecular formula is C31H22N2O2. The molecule has 1 heterocycles. The summed E-state index contributed by atoms with van der Waals surface area (Å²) in [6.45, 7) is 0.498. The third-order valence-electron chi connectivity index (χ3n) is 6.16.